The molecule has 2 heterocycles. The van der Waals surface area contributed by atoms with Gasteiger partial charge in [0.2, 0.25) is 5.88 Å². The van der Waals surface area contributed by atoms with Gasteiger partial charge in [-0.1, -0.05) is 26.8 Å². The van der Waals surface area contributed by atoms with Crippen molar-refractivity contribution in [2.45, 2.75) is 46.0 Å². The molecule has 28 heavy (non-hydrogen) atoms. The SMILES string of the molecule is CC(C)(C)[NH-].Cc1nc(OCC(F)(F)F)ccc1CNC(=O)c1cnccn1. The summed E-state index contributed by atoms with van der Waals surface area (Å²) in [5.74, 6) is -0.529. The molecule has 0 aliphatic heterocycles. The minimum Gasteiger partial charge on any atom is -0.673 e. The molecular formula is C18H23F3N5O2-. The molecule has 2 aromatic heterocycles. The van der Waals surface area contributed by atoms with Crippen molar-refractivity contribution in [2.24, 2.45) is 0 Å². The van der Waals surface area contributed by atoms with Crippen LogP contribution >= 0.6 is 0 Å². The molecule has 0 aliphatic rings. The van der Waals surface area contributed by atoms with E-state index < -0.39 is 18.7 Å². The second-order valence-corrected chi connectivity index (χ2v) is 6.82. The van der Waals surface area contributed by atoms with Gasteiger partial charge in [-0.15, -0.1) is 5.54 Å². The predicted molar refractivity (Wildman–Crippen MR) is 97.8 cm³/mol. The Morgan fingerprint density at radius 1 is 1.21 bits per heavy atom. The number of nitrogens with one attached hydrogen (secondary N) is 2. The zero-order chi connectivity index (χ0) is 21.4. The molecule has 0 saturated heterocycles. The molecule has 7 nitrogen and oxygen atoms in total. The van der Waals surface area contributed by atoms with Crippen molar-refractivity contribution in [3.63, 3.8) is 0 Å². The van der Waals surface area contributed by atoms with Crippen molar-refractivity contribution in [1.82, 2.24) is 20.3 Å². The third-order valence-corrected chi connectivity index (χ3v) is 2.79. The Bertz CT molecular complexity index is 756. The second kappa shape index (κ2) is 9.98. The van der Waals surface area contributed by atoms with Crippen molar-refractivity contribution < 1.29 is 22.7 Å². The Labute approximate surface area is 161 Å². The summed E-state index contributed by atoms with van der Waals surface area (Å²) in [6.07, 6.45) is -0.244. The third-order valence-electron chi connectivity index (χ3n) is 2.79. The van der Waals surface area contributed by atoms with Crippen molar-refractivity contribution in [3.8, 4) is 5.88 Å². The first-order chi connectivity index (χ1) is 12.8. The summed E-state index contributed by atoms with van der Waals surface area (Å²) in [7, 11) is 0. The number of hydrogen-bond donors (Lipinski definition) is 1. The third kappa shape index (κ3) is 10.4. The molecule has 2 rings (SSSR count). The van der Waals surface area contributed by atoms with Crippen LogP contribution in [0, 0.1) is 6.92 Å². The molecule has 1 amide bonds. The Morgan fingerprint density at radius 2 is 1.86 bits per heavy atom. The highest BCUT2D eigenvalue weighted by Crippen LogP contribution is 2.18. The van der Waals surface area contributed by atoms with E-state index in [1.807, 2.05) is 20.8 Å². The van der Waals surface area contributed by atoms with Crippen LogP contribution in [0.2, 0.25) is 0 Å². The highest BCUT2D eigenvalue weighted by molar-refractivity contribution is 5.91. The minimum absolute atomic E-state index is 0.121. The summed E-state index contributed by atoms with van der Waals surface area (Å²) in [5.41, 5.74) is 7.97. The van der Waals surface area contributed by atoms with Crippen LogP contribution in [0.5, 0.6) is 5.88 Å². The van der Waals surface area contributed by atoms with Gasteiger partial charge in [-0.3, -0.25) is 9.78 Å². The van der Waals surface area contributed by atoms with E-state index in [-0.39, 0.29) is 23.7 Å². The van der Waals surface area contributed by atoms with Gasteiger partial charge in [0.1, 0.15) is 5.69 Å². The van der Waals surface area contributed by atoms with Gasteiger partial charge < -0.3 is 15.8 Å². The molecule has 0 radical (unpaired) electrons. The standard InChI is InChI=1S/C14H13F3N4O2.C4H10N/c1-9-10(2-3-12(21-9)23-8-14(15,16)17)6-20-13(22)11-7-18-4-5-19-11;1-4(2,3)5/h2-5,7H,6,8H2,1H3,(H,20,22);5H,1-3H3/q;-1. The summed E-state index contributed by atoms with van der Waals surface area (Å²) in [5, 5.41) is 2.63. The molecule has 10 heteroatoms. The molecule has 0 atom stereocenters. The summed E-state index contributed by atoms with van der Waals surface area (Å²) in [6, 6.07) is 2.87. The van der Waals surface area contributed by atoms with E-state index in [0.717, 1.165) is 0 Å². The van der Waals surface area contributed by atoms with Crippen LogP contribution in [0.4, 0.5) is 13.2 Å². The Balaban J connectivity index is 0.000000696. The summed E-state index contributed by atoms with van der Waals surface area (Å²) in [6.45, 7) is 5.94. The zero-order valence-corrected chi connectivity index (χ0v) is 16.1. The monoisotopic (exact) mass is 398 g/mol. The maximum atomic E-state index is 12.1. The number of carbonyl (C=O) groups is 1. The zero-order valence-electron chi connectivity index (χ0n) is 16.1. The first kappa shape index (κ1) is 23.3. The topological polar surface area (TPSA) is 101 Å². The van der Waals surface area contributed by atoms with Crippen LogP contribution < -0.4 is 10.1 Å². The number of hydrogen-bond acceptors (Lipinski definition) is 5. The Morgan fingerprint density at radius 3 is 2.36 bits per heavy atom. The molecular weight excluding hydrogens is 375 g/mol. The van der Waals surface area contributed by atoms with Gasteiger partial charge in [0, 0.05) is 30.7 Å². The lowest BCUT2D eigenvalue weighted by molar-refractivity contribution is -0.154. The van der Waals surface area contributed by atoms with E-state index >= 15 is 0 Å². The smallest absolute Gasteiger partial charge is 0.422 e. The molecule has 2 aromatic rings. The number of alkyl halides is 3. The molecule has 154 valence electrons. The van der Waals surface area contributed by atoms with Gasteiger partial charge >= 0.3 is 6.18 Å². The minimum atomic E-state index is -4.42. The van der Waals surface area contributed by atoms with Crippen LogP contribution in [-0.4, -0.2) is 39.2 Å². The van der Waals surface area contributed by atoms with Crippen molar-refractivity contribution in [3.05, 3.63) is 53.4 Å². The van der Waals surface area contributed by atoms with Gasteiger partial charge in [0.15, 0.2) is 6.61 Å². The van der Waals surface area contributed by atoms with Crippen molar-refractivity contribution in [2.75, 3.05) is 6.61 Å². The molecule has 0 bridgehead atoms. The fraction of sp³-hybridized carbons (Fsp3) is 0.444. The lowest BCUT2D eigenvalue weighted by Crippen LogP contribution is -2.24. The van der Waals surface area contributed by atoms with Gasteiger partial charge in [0.05, 0.1) is 6.20 Å². The van der Waals surface area contributed by atoms with Crippen LogP contribution in [0.25, 0.3) is 5.73 Å². The maximum Gasteiger partial charge on any atom is 0.422 e. The van der Waals surface area contributed by atoms with E-state index in [2.05, 4.69) is 25.0 Å². The fourth-order valence-electron chi connectivity index (χ4n) is 1.67. The summed E-state index contributed by atoms with van der Waals surface area (Å²) < 4.78 is 40.8. The fourth-order valence-corrected chi connectivity index (χ4v) is 1.67. The largest absolute Gasteiger partial charge is 0.673 e. The lowest BCUT2D eigenvalue weighted by Gasteiger charge is -2.20. The van der Waals surface area contributed by atoms with Crippen LogP contribution in [0.3, 0.4) is 0 Å². The van der Waals surface area contributed by atoms with E-state index in [1.165, 1.54) is 24.7 Å². The quantitative estimate of drug-likeness (QED) is 0.823. The Hall–Kier alpha value is -2.75. The molecule has 0 saturated carbocycles. The van der Waals surface area contributed by atoms with Crippen LogP contribution in [-0.2, 0) is 6.54 Å². The number of amides is 1. The molecule has 0 aromatic carbocycles. The molecule has 0 fully saturated rings. The summed E-state index contributed by atoms with van der Waals surface area (Å²) in [4.78, 5) is 23.4. The van der Waals surface area contributed by atoms with Crippen LogP contribution in [0.1, 0.15) is 42.5 Å². The number of ether oxygens (including phenoxy) is 1. The van der Waals surface area contributed by atoms with Gasteiger partial charge in [-0.25, -0.2) is 9.97 Å². The highest BCUT2D eigenvalue weighted by atomic mass is 19.4. The van der Waals surface area contributed by atoms with Gasteiger partial charge in [0.25, 0.3) is 5.91 Å². The van der Waals surface area contributed by atoms with E-state index in [4.69, 9.17) is 5.73 Å². The Kier molecular flexibility index (Phi) is 8.30. The second-order valence-electron chi connectivity index (χ2n) is 6.82. The average Bonchev–Trinajstić information content (AvgIpc) is 2.57. The van der Waals surface area contributed by atoms with Gasteiger partial charge in [-0.2, -0.15) is 13.2 Å². The number of rotatable bonds is 5. The maximum absolute atomic E-state index is 12.1. The number of nitrogens with zero attached hydrogens (tertiary/aromatic N) is 3. The molecule has 0 spiro atoms. The summed E-state index contributed by atoms with van der Waals surface area (Å²) >= 11 is 0. The predicted octanol–water partition coefficient (Wildman–Crippen LogP) is 3.89. The highest BCUT2D eigenvalue weighted by Gasteiger charge is 2.28. The average molecular weight is 398 g/mol. The number of halogens is 3. The van der Waals surface area contributed by atoms with Crippen molar-refractivity contribution in [1.29, 1.82) is 0 Å². The van der Waals surface area contributed by atoms with E-state index in [1.54, 1.807) is 13.0 Å². The normalized spacial score (nSPS) is 11.3. The van der Waals surface area contributed by atoms with Gasteiger partial charge in [-0.05, 0) is 12.5 Å². The van der Waals surface area contributed by atoms with E-state index in [9.17, 15) is 18.0 Å². The lowest BCUT2D eigenvalue weighted by atomic mass is 10.1. The number of pyridine rings is 1. The molecule has 0 aliphatic carbocycles. The molecule has 2 N–H and O–H groups in total. The number of aromatic nitrogens is 3. The first-order valence-corrected chi connectivity index (χ1v) is 8.30. The number of aryl methyl sites for hydroxylation is 1. The first-order valence-electron chi connectivity index (χ1n) is 8.30. The number of carbonyl (C=O) groups excluding carboxylic acids is 1. The molecule has 0 unspecified atom stereocenters. The van der Waals surface area contributed by atoms with E-state index in [0.29, 0.717) is 11.3 Å². The van der Waals surface area contributed by atoms with Crippen molar-refractivity contribution >= 4 is 5.91 Å². The van der Waals surface area contributed by atoms with Crippen LogP contribution in [0.15, 0.2) is 30.7 Å².